The number of thiazole rings is 1. The lowest BCUT2D eigenvalue weighted by molar-refractivity contribution is 1.40. The molecule has 0 bridgehead atoms. The normalized spacial score (nSPS) is 11.0. The first kappa shape index (κ1) is 14.0. The third kappa shape index (κ3) is 2.59. The van der Waals surface area contributed by atoms with E-state index in [9.17, 15) is 0 Å². The summed E-state index contributed by atoms with van der Waals surface area (Å²) in [4.78, 5) is 4.57. The van der Waals surface area contributed by atoms with Crippen LogP contribution < -0.4 is 5.32 Å². The van der Waals surface area contributed by atoms with Gasteiger partial charge in [-0.25, -0.2) is 4.98 Å². The highest BCUT2D eigenvalue weighted by molar-refractivity contribution is 7.22. The van der Waals surface area contributed by atoms with Crippen LogP contribution in [0.5, 0.6) is 0 Å². The van der Waals surface area contributed by atoms with E-state index in [0.29, 0.717) is 20.8 Å². The van der Waals surface area contributed by atoms with Crippen molar-refractivity contribution in [1.82, 2.24) is 4.98 Å². The van der Waals surface area contributed by atoms with Crippen molar-refractivity contribution in [2.45, 2.75) is 6.92 Å². The van der Waals surface area contributed by atoms with Gasteiger partial charge >= 0.3 is 0 Å². The molecule has 0 amide bonds. The van der Waals surface area contributed by atoms with Gasteiger partial charge in [-0.05, 0) is 30.7 Å². The number of nitrogens with one attached hydrogen (secondary N) is 1. The molecule has 3 aromatic rings. The molecule has 0 aliphatic rings. The zero-order chi connectivity index (χ0) is 14.3. The minimum atomic E-state index is 0.471. The fourth-order valence-corrected chi connectivity index (χ4v) is 3.77. The maximum Gasteiger partial charge on any atom is 0.188 e. The molecule has 0 fully saturated rings. The van der Waals surface area contributed by atoms with Crippen LogP contribution in [-0.2, 0) is 0 Å². The number of anilines is 2. The quantitative estimate of drug-likeness (QED) is 0.590. The van der Waals surface area contributed by atoms with Crippen LogP contribution in [0.15, 0.2) is 30.3 Å². The van der Waals surface area contributed by atoms with Crippen molar-refractivity contribution in [1.29, 1.82) is 0 Å². The molecule has 0 saturated carbocycles. The van der Waals surface area contributed by atoms with Gasteiger partial charge in [-0.15, -0.1) is 0 Å². The SMILES string of the molecule is Cc1cccc2sc(Nc3c(Cl)cc(Cl)cc3Cl)nc12. The van der Waals surface area contributed by atoms with Crippen LogP contribution in [0.4, 0.5) is 10.8 Å². The standard InChI is InChI=1S/C14H9Cl3N2S/c1-7-3-2-4-11-12(7)18-14(20-11)19-13-9(16)5-8(15)6-10(13)17/h2-6H,1H3,(H,18,19). The van der Waals surface area contributed by atoms with Gasteiger partial charge in [0.2, 0.25) is 0 Å². The van der Waals surface area contributed by atoms with Crippen LogP contribution in [0, 0.1) is 6.92 Å². The van der Waals surface area contributed by atoms with E-state index in [1.807, 2.05) is 25.1 Å². The molecule has 0 aliphatic carbocycles. The molecule has 0 atom stereocenters. The molecule has 20 heavy (non-hydrogen) atoms. The molecule has 6 heteroatoms. The molecular formula is C14H9Cl3N2S. The predicted molar refractivity (Wildman–Crippen MR) is 89.1 cm³/mol. The number of nitrogens with zero attached hydrogens (tertiary/aromatic N) is 1. The lowest BCUT2D eigenvalue weighted by atomic mass is 10.2. The second-order valence-corrected chi connectivity index (χ2v) is 6.59. The Balaban J connectivity index is 2.04. The summed E-state index contributed by atoms with van der Waals surface area (Å²) in [5.41, 5.74) is 2.75. The van der Waals surface area contributed by atoms with Crippen molar-refractivity contribution in [3.63, 3.8) is 0 Å². The number of para-hydroxylation sites is 1. The third-order valence-corrected chi connectivity index (χ3v) is 4.61. The lowest BCUT2D eigenvalue weighted by Gasteiger charge is -2.08. The summed E-state index contributed by atoms with van der Waals surface area (Å²) in [7, 11) is 0. The average Bonchev–Trinajstić information content (AvgIpc) is 2.78. The second-order valence-electron chi connectivity index (χ2n) is 4.31. The molecule has 102 valence electrons. The zero-order valence-electron chi connectivity index (χ0n) is 10.4. The average molecular weight is 344 g/mol. The maximum atomic E-state index is 6.16. The van der Waals surface area contributed by atoms with Crippen molar-refractivity contribution < 1.29 is 0 Å². The Morgan fingerprint density at radius 3 is 2.45 bits per heavy atom. The number of hydrogen-bond donors (Lipinski definition) is 1. The van der Waals surface area contributed by atoms with E-state index in [-0.39, 0.29) is 0 Å². The van der Waals surface area contributed by atoms with Crippen molar-refractivity contribution in [3.8, 4) is 0 Å². The summed E-state index contributed by atoms with van der Waals surface area (Å²) in [5, 5.41) is 5.37. The second kappa shape index (κ2) is 5.41. The highest BCUT2D eigenvalue weighted by atomic mass is 35.5. The number of aryl methyl sites for hydroxylation is 1. The summed E-state index contributed by atoms with van der Waals surface area (Å²) >= 11 is 19.8. The summed E-state index contributed by atoms with van der Waals surface area (Å²) < 4.78 is 1.12. The minimum absolute atomic E-state index is 0.471. The molecular weight excluding hydrogens is 335 g/mol. The summed E-state index contributed by atoms with van der Waals surface area (Å²) in [6.07, 6.45) is 0. The van der Waals surface area contributed by atoms with Crippen LogP contribution in [0.2, 0.25) is 15.1 Å². The van der Waals surface area contributed by atoms with Crippen molar-refractivity contribution in [2.75, 3.05) is 5.32 Å². The smallest absolute Gasteiger partial charge is 0.188 e. The van der Waals surface area contributed by atoms with Crippen molar-refractivity contribution >= 4 is 67.2 Å². The maximum absolute atomic E-state index is 6.16. The first-order valence-corrected chi connectivity index (χ1v) is 7.77. The van der Waals surface area contributed by atoms with Crippen LogP contribution in [0.1, 0.15) is 5.56 Å². The Kier molecular flexibility index (Phi) is 3.78. The lowest BCUT2D eigenvalue weighted by Crippen LogP contribution is -1.91. The Morgan fingerprint density at radius 1 is 1.10 bits per heavy atom. The first-order chi connectivity index (χ1) is 9.54. The van der Waals surface area contributed by atoms with Crippen LogP contribution in [0.3, 0.4) is 0 Å². The Bertz CT molecular complexity index is 775. The van der Waals surface area contributed by atoms with Gasteiger partial charge in [0.15, 0.2) is 5.13 Å². The number of hydrogen-bond acceptors (Lipinski definition) is 3. The van der Waals surface area contributed by atoms with Gasteiger partial charge < -0.3 is 5.32 Å². The highest BCUT2D eigenvalue weighted by Crippen LogP contribution is 2.37. The molecule has 3 rings (SSSR count). The van der Waals surface area contributed by atoms with E-state index in [1.165, 1.54) is 0 Å². The Hall–Kier alpha value is -1.000. The number of aromatic nitrogens is 1. The van der Waals surface area contributed by atoms with Gasteiger partial charge in [0.05, 0.1) is 25.9 Å². The molecule has 0 aliphatic heterocycles. The fourth-order valence-electron chi connectivity index (χ4n) is 1.91. The van der Waals surface area contributed by atoms with Gasteiger partial charge in [0, 0.05) is 5.02 Å². The number of halogens is 3. The molecule has 0 radical (unpaired) electrons. The van der Waals surface area contributed by atoms with E-state index in [2.05, 4.69) is 10.3 Å². The van der Waals surface area contributed by atoms with Gasteiger partial charge in [-0.1, -0.05) is 58.3 Å². The number of rotatable bonds is 2. The fraction of sp³-hybridized carbons (Fsp3) is 0.0714. The molecule has 1 aromatic heterocycles. The predicted octanol–water partition coefficient (Wildman–Crippen LogP) is 6.31. The monoisotopic (exact) mass is 342 g/mol. The molecule has 0 saturated heterocycles. The van der Waals surface area contributed by atoms with Gasteiger partial charge in [-0.2, -0.15) is 0 Å². The largest absolute Gasteiger partial charge is 0.329 e. The van der Waals surface area contributed by atoms with Crippen LogP contribution >= 0.6 is 46.1 Å². The molecule has 2 aromatic carbocycles. The van der Waals surface area contributed by atoms with Crippen LogP contribution in [0.25, 0.3) is 10.2 Å². The third-order valence-electron chi connectivity index (χ3n) is 2.86. The molecule has 0 unspecified atom stereocenters. The molecule has 1 heterocycles. The number of fused-ring (bicyclic) bond motifs is 1. The van der Waals surface area contributed by atoms with Crippen molar-refractivity contribution in [3.05, 3.63) is 51.0 Å². The summed E-state index contributed by atoms with van der Waals surface area (Å²) in [6.45, 7) is 2.04. The van der Waals surface area contributed by atoms with Crippen LogP contribution in [-0.4, -0.2) is 4.98 Å². The van der Waals surface area contributed by atoms with E-state index >= 15 is 0 Å². The Morgan fingerprint density at radius 2 is 1.80 bits per heavy atom. The van der Waals surface area contributed by atoms with Crippen molar-refractivity contribution in [2.24, 2.45) is 0 Å². The molecule has 0 spiro atoms. The van der Waals surface area contributed by atoms with E-state index < -0.39 is 0 Å². The van der Waals surface area contributed by atoms with Gasteiger partial charge in [-0.3, -0.25) is 0 Å². The van der Waals surface area contributed by atoms with E-state index in [0.717, 1.165) is 20.9 Å². The molecule has 1 N–H and O–H groups in total. The zero-order valence-corrected chi connectivity index (χ0v) is 13.5. The van der Waals surface area contributed by atoms with Gasteiger partial charge in [0.25, 0.3) is 0 Å². The van der Waals surface area contributed by atoms with E-state index in [1.54, 1.807) is 23.5 Å². The van der Waals surface area contributed by atoms with E-state index in [4.69, 9.17) is 34.8 Å². The summed E-state index contributed by atoms with van der Waals surface area (Å²) in [6, 6.07) is 9.39. The Labute approximate surface area is 135 Å². The highest BCUT2D eigenvalue weighted by Gasteiger charge is 2.11. The topological polar surface area (TPSA) is 24.9 Å². The molecule has 2 nitrogen and oxygen atoms in total. The summed E-state index contributed by atoms with van der Waals surface area (Å²) in [5.74, 6) is 0. The minimum Gasteiger partial charge on any atom is -0.329 e. The van der Waals surface area contributed by atoms with Gasteiger partial charge in [0.1, 0.15) is 0 Å². The number of benzene rings is 2. The first-order valence-electron chi connectivity index (χ1n) is 5.82.